The highest BCUT2D eigenvalue weighted by molar-refractivity contribution is 5.81. The van der Waals surface area contributed by atoms with Crippen LogP contribution in [-0.2, 0) is 4.74 Å². The third kappa shape index (κ3) is 4.53. The van der Waals surface area contributed by atoms with E-state index in [1.165, 1.54) is 11.8 Å². The van der Waals surface area contributed by atoms with Crippen molar-refractivity contribution in [3.63, 3.8) is 0 Å². The Morgan fingerprint density at radius 3 is 2.70 bits per heavy atom. The topological polar surface area (TPSA) is 105 Å². The highest BCUT2D eigenvalue weighted by atomic mass is 16.5. The molecule has 1 atom stereocenters. The third-order valence-corrected chi connectivity index (χ3v) is 4.79. The first-order valence-corrected chi connectivity index (χ1v) is 9.11. The summed E-state index contributed by atoms with van der Waals surface area (Å²) in [4.78, 5) is 8.92. The van der Waals surface area contributed by atoms with Gasteiger partial charge in [0.25, 0.3) is 0 Å². The van der Waals surface area contributed by atoms with Crippen LogP contribution in [0.25, 0.3) is 5.70 Å². The SMILES string of the molecule is CN1CCOCC1.N/C=C\C(=C/N)N1CCC2=C(c3ccoc3)NC=NC21. The Morgan fingerprint density at radius 2 is 2.11 bits per heavy atom. The maximum atomic E-state index is 5.68. The first-order valence-electron chi connectivity index (χ1n) is 9.11. The van der Waals surface area contributed by atoms with Crippen LogP contribution in [0.5, 0.6) is 0 Å². The van der Waals surface area contributed by atoms with Crippen LogP contribution in [0.4, 0.5) is 0 Å². The third-order valence-electron chi connectivity index (χ3n) is 4.79. The fourth-order valence-corrected chi connectivity index (χ4v) is 3.32. The van der Waals surface area contributed by atoms with Crippen molar-refractivity contribution in [3.05, 3.63) is 53.9 Å². The molecule has 2 saturated heterocycles. The van der Waals surface area contributed by atoms with Crippen molar-refractivity contribution in [2.24, 2.45) is 16.5 Å². The van der Waals surface area contributed by atoms with Crippen LogP contribution in [0.2, 0.25) is 0 Å². The van der Waals surface area contributed by atoms with Crippen LogP contribution in [0.3, 0.4) is 0 Å². The lowest BCUT2D eigenvalue weighted by Gasteiger charge is -2.27. The van der Waals surface area contributed by atoms with Crippen molar-refractivity contribution in [1.29, 1.82) is 0 Å². The second-order valence-electron chi connectivity index (χ2n) is 6.52. The molecular formula is C19H28N6O2. The average molecular weight is 372 g/mol. The summed E-state index contributed by atoms with van der Waals surface area (Å²) in [6, 6.07) is 1.94. The summed E-state index contributed by atoms with van der Waals surface area (Å²) in [6.45, 7) is 4.88. The molecule has 0 aromatic carbocycles. The van der Waals surface area contributed by atoms with E-state index in [-0.39, 0.29) is 6.17 Å². The standard InChI is InChI=1S/C14H17N5O.C5H11NO/c15-4-1-11(7-16)19-5-2-12-13(10-3-6-20-8-10)17-9-18-14(12)19;1-6-2-4-7-5-3-6/h1,3-4,6-9,14H,2,5,15-16H2,(H,17,18);2-5H2,1H3/b4-1-,11-7+;. The number of likely N-dealkylation sites (N-methyl/N-ethyl adjacent to an activating group) is 1. The van der Waals surface area contributed by atoms with E-state index in [0.717, 1.165) is 56.2 Å². The fraction of sp³-hybridized carbons (Fsp3) is 0.421. The normalized spacial score (nSPS) is 23.2. The molecule has 5 N–H and O–H groups in total. The van der Waals surface area contributed by atoms with E-state index in [1.54, 1.807) is 31.1 Å². The fourth-order valence-electron chi connectivity index (χ4n) is 3.32. The van der Waals surface area contributed by atoms with Crippen LogP contribution < -0.4 is 16.8 Å². The van der Waals surface area contributed by atoms with Crippen LogP contribution in [-0.4, -0.2) is 62.2 Å². The predicted octanol–water partition coefficient (Wildman–Crippen LogP) is 0.875. The van der Waals surface area contributed by atoms with Gasteiger partial charge in [-0.3, -0.25) is 0 Å². The molecule has 8 nitrogen and oxygen atoms in total. The lowest BCUT2D eigenvalue weighted by molar-refractivity contribution is 0.0503. The van der Waals surface area contributed by atoms with E-state index in [0.29, 0.717) is 0 Å². The number of ether oxygens (including phenoxy) is 1. The first-order chi connectivity index (χ1) is 13.2. The molecule has 2 fully saturated rings. The molecule has 3 aliphatic heterocycles. The predicted molar refractivity (Wildman–Crippen MR) is 106 cm³/mol. The number of nitrogens with one attached hydrogen (secondary N) is 1. The smallest absolute Gasteiger partial charge is 0.147 e. The summed E-state index contributed by atoms with van der Waals surface area (Å²) in [6.07, 6.45) is 10.8. The number of nitrogens with zero attached hydrogens (tertiary/aromatic N) is 3. The molecule has 8 heteroatoms. The summed E-state index contributed by atoms with van der Waals surface area (Å²) in [5, 5.41) is 3.21. The van der Waals surface area contributed by atoms with Gasteiger partial charge in [0, 0.05) is 37.0 Å². The second-order valence-corrected chi connectivity index (χ2v) is 6.52. The molecular weight excluding hydrogens is 344 g/mol. The van der Waals surface area contributed by atoms with Gasteiger partial charge in [-0.1, -0.05) is 0 Å². The van der Waals surface area contributed by atoms with E-state index in [9.17, 15) is 0 Å². The minimum Gasteiger partial charge on any atom is -0.472 e. The molecule has 0 saturated carbocycles. The molecule has 0 amide bonds. The van der Waals surface area contributed by atoms with E-state index < -0.39 is 0 Å². The van der Waals surface area contributed by atoms with Crippen molar-refractivity contribution in [2.45, 2.75) is 12.6 Å². The van der Waals surface area contributed by atoms with Crippen molar-refractivity contribution in [2.75, 3.05) is 39.9 Å². The van der Waals surface area contributed by atoms with Crippen molar-refractivity contribution in [1.82, 2.24) is 15.1 Å². The van der Waals surface area contributed by atoms with Gasteiger partial charge >= 0.3 is 0 Å². The molecule has 146 valence electrons. The zero-order chi connectivity index (χ0) is 19.1. The summed E-state index contributed by atoms with van der Waals surface area (Å²) in [5.41, 5.74) is 15.4. The van der Waals surface area contributed by atoms with Crippen LogP contribution in [0.1, 0.15) is 12.0 Å². The lowest BCUT2D eigenvalue weighted by atomic mass is 10.1. The highest BCUT2D eigenvalue weighted by Gasteiger charge is 2.33. The Morgan fingerprint density at radius 1 is 1.30 bits per heavy atom. The average Bonchev–Trinajstić information content (AvgIpc) is 3.37. The number of furan rings is 1. The molecule has 3 aliphatic rings. The maximum Gasteiger partial charge on any atom is 0.147 e. The van der Waals surface area contributed by atoms with Gasteiger partial charge in [0.05, 0.1) is 43.5 Å². The molecule has 0 spiro atoms. The van der Waals surface area contributed by atoms with Gasteiger partial charge in [-0.2, -0.15) is 0 Å². The minimum absolute atomic E-state index is 0.0350. The van der Waals surface area contributed by atoms with Crippen LogP contribution >= 0.6 is 0 Å². The maximum absolute atomic E-state index is 5.68. The number of allylic oxidation sites excluding steroid dienone is 1. The number of morpholine rings is 1. The second kappa shape index (κ2) is 9.29. The largest absolute Gasteiger partial charge is 0.472 e. The van der Waals surface area contributed by atoms with Gasteiger partial charge in [0.2, 0.25) is 0 Å². The van der Waals surface area contributed by atoms with Crippen LogP contribution in [0.15, 0.2) is 57.7 Å². The van der Waals surface area contributed by atoms with Gasteiger partial charge < -0.3 is 35.7 Å². The molecule has 0 aliphatic carbocycles. The molecule has 1 aromatic rings. The first kappa shape index (κ1) is 19.1. The zero-order valence-electron chi connectivity index (χ0n) is 15.7. The zero-order valence-corrected chi connectivity index (χ0v) is 15.7. The number of fused-ring (bicyclic) bond motifs is 1. The van der Waals surface area contributed by atoms with Gasteiger partial charge in [0.1, 0.15) is 6.17 Å². The molecule has 0 radical (unpaired) electrons. The Balaban J connectivity index is 0.000000253. The summed E-state index contributed by atoms with van der Waals surface area (Å²) < 4.78 is 10.3. The molecule has 1 aromatic heterocycles. The molecule has 27 heavy (non-hydrogen) atoms. The van der Waals surface area contributed by atoms with E-state index in [4.69, 9.17) is 20.6 Å². The van der Waals surface area contributed by atoms with Gasteiger partial charge in [-0.05, 0) is 31.8 Å². The van der Waals surface area contributed by atoms with Gasteiger partial charge in [0.15, 0.2) is 0 Å². The summed E-state index contributed by atoms with van der Waals surface area (Å²) in [7, 11) is 2.11. The number of rotatable bonds is 3. The molecule has 1 unspecified atom stereocenters. The number of aliphatic imine (C=N–C) groups is 1. The lowest BCUT2D eigenvalue weighted by Crippen LogP contribution is -2.32. The Labute approximate surface area is 159 Å². The van der Waals surface area contributed by atoms with Crippen LogP contribution in [0, 0.1) is 0 Å². The van der Waals surface area contributed by atoms with Gasteiger partial charge in [-0.25, -0.2) is 4.99 Å². The quantitative estimate of drug-likeness (QED) is 0.676. The number of hydrogen-bond acceptors (Lipinski definition) is 8. The molecule has 4 heterocycles. The summed E-state index contributed by atoms with van der Waals surface area (Å²) >= 11 is 0. The number of nitrogens with two attached hydrogens (primary N) is 2. The minimum atomic E-state index is -0.0350. The van der Waals surface area contributed by atoms with Crippen molar-refractivity contribution >= 4 is 12.0 Å². The van der Waals surface area contributed by atoms with Crippen molar-refractivity contribution in [3.8, 4) is 0 Å². The van der Waals surface area contributed by atoms with E-state index >= 15 is 0 Å². The summed E-state index contributed by atoms with van der Waals surface area (Å²) in [5.74, 6) is 0. The van der Waals surface area contributed by atoms with Gasteiger partial charge in [-0.15, -0.1) is 0 Å². The molecule has 4 rings (SSSR count). The van der Waals surface area contributed by atoms with E-state index in [2.05, 4.69) is 27.2 Å². The monoisotopic (exact) mass is 372 g/mol. The number of hydrogen-bond donors (Lipinski definition) is 3. The Hall–Kier alpha value is -2.71. The Bertz CT molecular complexity index is 717. The Kier molecular flexibility index (Phi) is 6.56. The van der Waals surface area contributed by atoms with Crippen molar-refractivity contribution < 1.29 is 9.15 Å². The van der Waals surface area contributed by atoms with E-state index in [1.807, 2.05) is 6.07 Å². The molecule has 0 bridgehead atoms. The highest BCUT2D eigenvalue weighted by Crippen LogP contribution is 2.34. The number of likely N-dealkylation sites (tertiary alicyclic amines) is 1.